The Morgan fingerprint density at radius 1 is 0.552 bits per heavy atom. The molecule has 0 fully saturated rings. The number of hydrogen-bond donors (Lipinski definition) is 1. The molecule has 0 aromatic heterocycles. The zero-order valence-corrected chi connectivity index (χ0v) is 19.9. The fourth-order valence-electron chi connectivity index (χ4n) is 3.95. The van der Waals surface area contributed by atoms with Crippen molar-refractivity contribution in [2.24, 2.45) is 5.73 Å². The number of rotatable bonds is 24. The molecule has 0 aromatic carbocycles. The Morgan fingerprint density at radius 3 is 1.17 bits per heavy atom. The van der Waals surface area contributed by atoms with Crippen LogP contribution >= 0.6 is 0 Å². The van der Waals surface area contributed by atoms with Gasteiger partial charge in [0.15, 0.2) is 0 Å². The first-order valence-electron chi connectivity index (χ1n) is 13.2. The van der Waals surface area contributed by atoms with E-state index in [1.807, 2.05) is 0 Å². The van der Waals surface area contributed by atoms with Crippen LogP contribution in [0.15, 0.2) is 0 Å². The lowest BCUT2D eigenvalue weighted by Crippen LogP contribution is -2.13. The fraction of sp³-hybridized carbons (Fsp3) is 0.962. The van der Waals surface area contributed by atoms with Crippen LogP contribution in [-0.2, 0) is 9.53 Å². The molecule has 3 nitrogen and oxygen atoms in total. The van der Waals surface area contributed by atoms with Crippen molar-refractivity contribution in [3.63, 3.8) is 0 Å². The van der Waals surface area contributed by atoms with E-state index in [1.54, 1.807) is 0 Å². The number of unbranched alkanes of at least 4 members (excludes halogenated alkanes) is 20. The van der Waals surface area contributed by atoms with Gasteiger partial charge in [-0.3, -0.25) is 4.79 Å². The molecular weight excluding hydrogens is 358 g/mol. The topological polar surface area (TPSA) is 52.3 Å². The summed E-state index contributed by atoms with van der Waals surface area (Å²) in [6.07, 6.45) is 29.6. The minimum atomic E-state index is -0.0896. The lowest BCUT2D eigenvalue weighted by atomic mass is 10.0. The Bertz CT molecular complexity index is 320. The van der Waals surface area contributed by atoms with Crippen molar-refractivity contribution in [1.29, 1.82) is 0 Å². The Hall–Kier alpha value is -0.570. The van der Waals surface area contributed by atoms with E-state index in [0.717, 1.165) is 12.8 Å². The maximum Gasteiger partial charge on any atom is 0.305 e. The monoisotopic (exact) mass is 411 g/mol. The van der Waals surface area contributed by atoms with Gasteiger partial charge in [0.2, 0.25) is 0 Å². The Kier molecular flexibility index (Phi) is 25.0. The van der Waals surface area contributed by atoms with Gasteiger partial charge in [0.25, 0.3) is 0 Å². The van der Waals surface area contributed by atoms with Gasteiger partial charge < -0.3 is 10.5 Å². The first-order chi connectivity index (χ1) is 14.3. The van der Waals surface area contributed by atoms with Crippen LogP contribution in [0.1, 0.15) is 148 Å². The van der Waals surface area contributed by atoms with Crippen LogP contribution < -0.4 is 5.73 Å². The van der Waals surface area contributed by atoms with Gasteiger partial charge in [-0.2, -0.15) is 0 Å². The molecule has 0 aliphatic rings. The van der Waals surface area contributed by atoms with Crippen LogP contribution in [0.3, 0.4) is 0 Å². The maximum atomic E-state index is 11.3. The summed E-state index contributed by atoms with van der Waals surface area (Å²) in [6.45, 7) is 3.07. The molecule has 0 saturated heterocycles. The summed E-state index contributed by atoms with van der Waals surface area (Å²) < 4.78 is 4.97. The van der Waals surface area contributed by atoms with Gasteiger partial charge in [-0.15, -0.1) is 0 Å². The van der Waals surface area contributed by atoms with E-state index in [1.165, 1.54) is 122 Å². The highest BCUT2D eigenvalue weighted by molar-refractivity contribution is 5.69. The summed E-state index contributed by atoms with van der Waals surface area (Å²) in [7, 11) is 0. The van der Waals surface area contributed by atoms with E-state index < -0.39 is 0 Å². The SMILES string of the molecule is CCCCCCCCCCCCCCCCCCCCCCCC(=O)OCCN. The third-order valence-corrected chi connectivity index (χ3v) is 5.87. The normalized spacial score (nSPS) is 11.1. The summed E-state index contributed by atoms with van der Waals surface area (Å²) in [5, 5.41) is 0. The molecule has 0 amide bonds. The third kappa shape index (κ3) is 25.4. The zero-order chi connectivity index (χ0) is 21.3. The maximum absolute atomic E-state index is 11.3. The van der Waals surface area contributed by atoms with Gasteiger partial charge in [0.1, 0.15) is 6.61 Å². The van der Waals surface area contributed by atoms with Gasteiger partial charge in [0, 0.05) is 13.0 Å². The smallest absolute Gasteiger partial charge is 0.305 e. The van der Waals surface area contributed by atoms with Crippen molar-refractivity contribution in [3.8, 4) is 0 Å². The van der Waals surface area contributed by atoms with E-state index in [0.29, 0.717) is 19.6 Å². The van der Waals surface area contributed by atoms with Crippen LogP contribution in [0.2, 0.25) is 0 Å². The predicted octanol–water partition coefficient (Wildman–Crippen LogP) is 8.09. The molecule has 0 atom stereocenters. The summed E-state index contributed by atoms with van der Waals surface area (Å²) in [6, 6.07) is 0. The summed E-state index contributed by atoms with van der Waals surface area (Å²) in [5.74, 6) is -0.0896. The van der Waals surface area contributed by atoms with Crippen molar-refractivity contribution < 1.29 is 9.53 Å². The second kappa shape index (κ2) is 25.5. The molecule has 0 aromatic rings. The number of carbonyl (C=O) groups is 1. The van der Waals surface area contributed by atoms with Gasteiger partial charge in [0.05, 0.1) is 0 Å². The number of ether oxygens (including phenoxy) is 1. The molecule has 0 aliphatic heterocycles. The quantitative estimate of drug-likeness (QED) is 0.129. The molecule has 0 spiro atoms. The van der Waals surface area contributed by atoms with Crippen LogP contribution in [0.5, 0.6) is 0 Å². The minimum Gasteiger partial charge on any atom is -0.464 e. The summed E-state index contributed by atoms with van der Waals surface area (Å²) in [5.41, 5.74) is 5.31. The first-order valence-corrected chi connectivity index (χ1v) is 13.2. The van der Waals surface area contributed by atoms with Gasteiger partial charge in [-0.1, -0.05) is 135 Å². The van der Waals surface area contributed by atoms with Crippen LogP contribution in [0.4, 0.5) is 0 Å². The molecule has 29 heavy (non-hydrogen) atoms. The molecule has 0 rings (SSSR count). The van der Waals surface area contributed by atoms with E-state index in [4.69, 9.17) is 10.5 Å². The molecule has 3 heteroatoms. The van der Waals surface area contributed by atoms with E-state index in [9.17, 15) is 4.79 Å². The Morgan fingerprint density at radius 2 is 0.862 bits per heavy atom. The fourth-order valence-corrected chi connectivity index (χ4v) is 3.95. The highest BCUT2D eigenvalue weighted by atomic mass is 16.5. The average molecular weight is 412 g/mol. The number of esters is 1. The second-order valence-corrected chi connectivity index (χ2v) is 8.83. The minimum absolute atomic E-state index is 0.0896. The first kappa shape index (κ1) is 28.4. The summed E-state index contributed by atoms with van der Waals surface area (Å²) >= 11 is 0. The zero-order valence-electron chi connectivity index (χ0n) is 19.9. The molecule has 0 radical (unpaired) electrons. The molecule has 0 heterocycles. The van der Waals surface area contributed by atoms with E-state index >= 15 is 0 Å². The molecule has 2 N–H and O–H groups in total. The van der Waals surface area contributed by atoms with Crippen LogP contribution in [0, 0.1) is 0 Å². The number of nitrogens with two attached hydrogens (primary N) is 1. The van der Waals surface area contributed by atoms with Crippen molar-refractivity contribution in [2.45, 2.75) is 148 Å². The average Bonchev–Trinajstić information content (AvgIpc) is 2.73. The standard InChI is InChI=1S/C26H53NO2/c1-2-3-4-5-6-7-8-9-10-11-12-13-14-15-16-17-18-19-20-21-22-23-26(28)29-25-24-27/h2-25,27H2,1H3. The molecule has 0 aliphatic carbocycles. The molecular formula is C26H53NO2. The van der Waals surface area contributed by atoms with E-state index in [2.05, 4.69) is 6.92 Å². The number of hydrogen-bond acceptors (Lipinski definition) is 3. The van der Waals surface area contributed by atoms with E-state index in [-0.39, 0.29) is 5.97 Å². The Labute approximate surface area is 182 Å². The van der Waals surface area contributed by atoms with Crippen molar-refractivity contribution >= 4 is 5.97 Å². The van der Waals surface area contributed by atoms with Crippen molar-refractivity contribution in [3.05, 3.63) is 0 Å². The third-order valence-electron chi connectivity index (χ3n) is 5.87. The number of carbonyl (C=O) groups excluding carboxylic acids is 1. The Balaban J connectivity index is 3.04. The lowest BCUT2D eigenvalue weighted by Gasteiger charge is -2.04. The van der Waals surface area contributed by atoms with Gasteiger partial charge in [-0.25, -0.2) is 0 Å². The lowest BCUT2D eigenvalue weighted by molar-refractivity contribution is -0.143. The highest BCUT2D eigenvalue weighted by Crippen LogP contribution is 2.15. The van der Waals surface area contributed by atoms with Gasteiger partial charge in [-0.05, 0) is 6.42 Å². The molecule has 0 bridgehead atoms. The van der Waals surface area contributed by atoms with Crippen LogP contribution in [-0.4, -0.2) is 19.1 Å². The molecule has 0 unspecified atom stereocenters. The predicted molar refractivity (Wildman–Crippen MR) is 127 cm³/mol. The second-order valence-electron chi connectivity index (χ2n) is 8.83. The highest BCUT2D eigenvalue weighted by Gasteiger charge is 2.01. The van der Waals surface area contributed by atoms with Crippen molar-refractivity contribution in [1.82, 2.24) is 0 Å². The van der Waals surface area contributed by atoms with Crippen molar-refractivity contribution in [2.75, 3.05) is 13.2 Å². The molecule has 0 saturated carbocycles. The van der Waals surface area contributed by atoms with Gasteiger partial charge >= 0.3 is 5.97 Å². The van der Waals surface area contributed by atoms with Crippen LogP contribution in [0.25, 0.3) is 0 Å². The molecule has 174 valence electrons. The summed E-state index contributed by atoms with van der Waals surface area (Å²) in [4.78, 5) is 11.3. The largest absolute Gasteiger partial charge is 0.464 e.